The number of alkyl halides is 3. The van der Waals surface area contributed by atoms with Gasteiger partial charge in [-0.15, -0.1) is 0 Å². The molecule has 5 rings (SSSR count). The monoisotopic (exact) mass is 542 g/mol. The molecule has 0 radical (unpaired) electrons. The van der Waals surface area contributed by atoms with Gasteiger partial charge in [0.05, 0.1) is 28.7 Å². The maximum absolute atomic E-state index is 13.4. The smallest absolute Gasteiger partial charge is 0.385 e. The summed E-state index contributed by atoms with van der Waals surface area (Å²) in [6.45, 7) is 1.64. The van der Waals surface area contributed by atoms with Crippen molar-refractivity contribution >= 4 is 11.6 Å². The number of hydrogen-bond donors (Lipinski definition) is 1. The number of nitrogens with one attached hydrogen (secondary N) is 1. The Kier molecular flexibility index (Phi) is 7.25. The Bertz CT molecular complexity index is 1620. The summed E-state index contributed by atoms with van der Waals surface area (Å²) >= 11 is 0. The molecular formula is C29H21F3N6O2. The van der Waals surface area contributed by atoms with Crippen LogP contribution in [0.4, 0.5) is 13.2 Å². The fourth-order valence-electron chi connectivity index (χ4n) is 4.25. The number of rotatable bonds is 6. The van der Waals surface area contributed by atoms with Crippen molar-refractivity contribution in [2.75, 3.05) is 0 Å². The lowest BCUT2D eigenvalue weighted by molar-refractivity contribution is -0.141. The molecule has 0 spiro atoms. The van der Waals surface area contributed by atoms with Crippen molar-refractivity contribution in [2.24, 2.45) is 5.16 Å². The van der Waals surface area contributed by atoms with Gasteiger partial charge in [-0.1, -0.05) is 17.3 Å². The largest absolute Gasteiger partial charge is 0.433 e. The van der Waals surface area contributed by atoms with Crippen molar-refractivity contribution in [2.45, 2.75) is 31.7 Å². The van der Waals surface area contributed by atoms with Crippen LogP contribution in [-0.2, 0) is 11.0 Å². The van der Waals surface area contributed by atoms with Crippen molar-refractivity contribution in [3.8, 4) is 17.3 Å². The van der Waals surface area contributed by atoms with Gasteiger partial charge >= 0.3 is 6.18 Å². The van der Waals surface area contributed by atoms with Gasteiger partial charge in [-0.25, -0.2) is 0 Å². The van der Waals surface area contributed by atoms with E-state index < -0.39 is 29.9 Å². The number of benzene rings is 1. The molecule has 1 aliphatic heterocycles. The Morgan fingerprint density at radius 3 is 2.55 bits per heavy atom. The molecule has 0 saturated carbocycles. The molecule has 1 aliphatic rings. The van der Waals surface area contributed by atoms with Crippen LogP contribution in [0.5, 0.6) is 0 Å². The van der Waals surface area contributed by atoms with Crippen LogP contribution in [0.3, 0.4) is 0 Å². The van der Waals surface area contributed by atoms with Gasteiger partial charge in [0.1, 0.15) is 11.8 Å². The summed E-state index contributed by atoms with van der Waals surface area (Å²) in [7, 11) is 0. The third kappa shape index (κ3) is 5.66. The summed E-state index contributed by atoms with van der Waals surface area (Å²) in [6, 6.07) is 17.4. The molecule has 0 fully saturated rings. The fraction of sp³-hybridized carbons (Fsp3) is 0.172. The molecule has 200 valence electrons. The molecule has 8 nitrogen and oxygen atoms in total. The number of halogens is 3. The molecular weight excluding hydrogens is 521 g/mol. The molecule has 4 heterocycles. The third-order valence-corrected chi connectivity index (χ3v) is 6.34. The Morgan fingerprint density at radius 1 is 1.05 bits per heavy atom. The third-order valence-electron chi connectivity index (χ3n) is 6.34. The number of nitrogens with zero attached hydrogens (tertiary/aromatic N) is 5. The first-order valence-electron chi connectivity index (χ1n) is 12.2. The van der Waals surface area contributed by atoms with Crippen molar-refractivity contribution in [1.29, 1.82) is 5.26 Å². The number of pyridine rings is 3. The van der Waals surface area contributed by atoms with Gasteiger partial charge in [-0.05, 0) is 61.0 Å². The lowest BCUT2D eigenvalue weighted by Gasteiger charge is -2.16. The Labute approximate surface area is 227 Å². The number of amides is 1. The zero-order valence-electron chi connectivity index (χ0n) is 21.1. The van der Waals surface area contributed by atoms with Crippen LogP contribution in [-0.4, -0.2) is 26.6 Å². The van der Waals surface area contributed by atoms with Crippen LogP contribution in [0.25, 0.3) is 11.3 Å². The Morgan fingerprint density at radius 2 is 1.85 bits per heavy atom. The number of nitriles is 1. The van der Waals surface area contributed by atoms with E-state index in [9.17, 15) is 23.2 Å². The van der Waals surface area contributed by atoms with Gasteiger partial charge in [0.15, 0.2) is 6.10 Å². The summed E-state index contributed by atoms with van der Waals surface area (Å²) in [5.41, 5.74) is 2.77. The highest BCUT2D eigenvalue weighted by Crippen LogP contribution is 2.32. The van der Waals surface area contributed by atoms with E-state index in [1.165, 1.54) is 6.07 Å². The van der Waals surface area contributed by atoms with Crippen molar-refractivity contribution in [3.05, 3.63) is 113 Å². The molecule has 1 amide bonds. The van der Waals surface area contributed by atoms with Crippen molar-refractivity contribution < 1.29 is 22.8 Å². The van der Waals surface area contributed by atoms with Gasteiger partial charge in [-0.2, -0.15) is 18.4 Å². The Hall–Kier alpha value is -5.11. The van der Waals surface area contributed by atoms with Crippen molar-refractivity contribution in [1.82, 2.24) is 20.3 Å². The predicted octanol–water partition coefficient (Wildman–Crippen LogP) is 5.79. The highest BCUT2D eigenvalue weighted by Gasteiger charge is 2.32. The van der Waals surface area contributed by atoms with E-state index in [2.05, 4.69) is 31.5 Å². The minimum Gasteiger partial charge on any atom is -0.385 e. The normalized spacial score (nSPS) is 15.5. The van der Waals surface area contributed by atoms with E-state index in [-0.39, 0.29) is 5.56 Å². The molecule has 40 heavy (non-hydrogen) atoms. The van der Waals surface area contributed by atoms with E-state index in [4.69, 9.17) is 4.84 Å². The second kappa shape index (κ2) is 10.9. The minimum absolute atomic E-state index is 0.248. The number of aromatic nitrogens is 3. The molecule has 0 bridgehead atoms. The molecule has 2 atom stereocenters. The number of carbonyl (C=O) groups is 1. The molecule has 1 unspecified atom stereocenters. The highest BCUT2D eigenvalue weighted by atomic mass is 19.4. The fourth-order valence-corrected chi connectivity index (χ4v) is 4.25. The molecule has 0 saturated heterocycles. The van der Waals surface area contributed by atoms with Crippen LogP contribution < -0.4 is 5.32 Å². The minimum atomic E-state index is -4.56. The lowest BCUT2D eigenvalue weighted by Crippen LogP contribution is -2.27. The van der Waals surface area contributed by atoms with Gasteiger partial charge in [0.25, 0.3) is 5.91 Å². The molecule has 11 heteroatoms. The zero-order chi connectivity index (χ0) is 28.3. The summed E-state index contributed by atoms with van der Waals surface area (Å²) in [5.74, 6) is -0.481. The molecule has 3 aromatic heterocycles. The maximum atomic E-state index is 13.4. The molecule has 0 aliphatic carbocycles. The predicted molar refractivity (Wildman–Crippen MR) is 139 cm³/mol. The van der Waals surface area contributed by atoms with E-state index in [0.717, 1.165) is 12.3 Å². The van der Waals surface area contributed by atoms with E-state index in [1.54, 1.807) is 55.7 Å². The van der Waals surface area contributed by atoms with E-state index in [1.807, 2.05) is 12.1 Å². The summed E-state index contributed by atoms with van der Waals surface area (Å²) in [6.07, 6.45) is -0.243. The summed E-state index contributed by atoms with van der Waals surface area (Å²) in [4.78, 5) is 31.1. The lowest BCUT2D eigenvalue weighted by atomic mass is 9.95. The first-order valence-corrected chi connectivity index (χ1v) is 12.2. The van der Waals surface area contributed by atoms with Crippen LogP contribution in [0, 0.1) is 11.3 Å². The quantitative estimate of drug-likeness (QED) is 0.330. The highest BCUT2D eigenvalue weighted by molar-refractivity contribution is 6.05. The zero-order valence-corrected chi connectivity index (χ0v) is 21.1. The second-order valence-electron chi connectivity index (χ2n) is 9.07. The van der Waals surface area contributed by atoms with Crippen LogP contribution in [0.15, 0.2) is 84.4 Å². The first-order chi connectivity index (χ1) is 19.2. The number of hydrogen-bond acceptors (Lipinski definition) is 7. The summed E-state index contributed by atoms with van der Waals surface area (Å²) < 4.78 is 38.7. The van der Waals surface area contributed by atoms with E-state index in [0.29, 0.717) is 45.8 Å². The number of oxime groups is 1. The molecule has 1 N–H and O–H groups in total. The van der Waals surface area contributed by atoms with E-state index >= 15 is 0 Å². The average molecular weight is 543 g/mol. The average Bonchev–Trinajstić information content (AvgIpc) is 3.47. The second-order valence-corrected chi connectivity index (χ2v) is 9.07. The van der Waals surface area contributed by atoms with Gasteiger partial charge in [-0.3, -0.25) is 19.7 Å². The maximum Gasteiger partial charge on any atom is 0.433 e. The standard InChI is InChI=1S/C29H21F3N6O2/c1-17(19-7-8-26(36-16-19)29(30,31)32)37-28(39)22-12-20(11-21(13-22)27-18(15-33)5-4-10-35-27)24-14-25(40-38-24)23-6-2-3-9-34-23/h2-13,16-17,25H,14H2,1H3,(H,37,39)/t17-,25?/m1/s1. The first kappa shape index (κ1) is 26.5. The summed E-state index contributed by atoms with van der Waals surface area (Å²) in [5, 5.41) is 16.7. The Balaban J connectivity index is 1.46. The number of carbonyl (C=O) groups excluding carboxylic acids is 1. The topological polar surface area (TPSA) is 113 Å². The van der Waals surface area contributed by atoms with Gasteiger partial charge in [0, 0.05) is 41.7 Å². The molecule has 1 aromatic carbocycles. The van der Waals surface area contributed by atoms with Crippen LogP contribution in [0.1, 0.15) is 63.9 Å². The van der Waals surface area contributed by atoms with Crippen LogP contribution in [0.2, 0.25) is 0 Å². The van der Waals surface area contributed by atoms with Crippen LogP contribution >= 0.6 is 0 Å². The van der Waals surface area contributed by atoms with Gasteiger partial charge < -0.3 is 10.2 Å². The van der Waals surface area contributed by atoms with Gasteiger partial charge in [0.2, 0.25) is 0 Å². The molecule has 4 aromatic rings. The van der Waals surface area contributed by atoms with Crippen molar-refractivity contribution in [3.63, 3.8) is 0 Å². The SMILES string of the molecule is C[C@@H](NC(=O)c1cc(C2=NOC(c3ccccn3)C2)cc(-c2ncccc2C#N)c1)c1ccc(C(F)(F)F)nc1.